The normalized spacial score (nSPS) is 27.2. The van der Waals surface area contributed by atoms with E-state index in [2.05, 4.69) is 75.7 Å². The summed E-state index contributed by atoms with van der Waals surface area (Å²) in [5, 5.41) is 120. The highest BCUT2D eigenvalue weighted by molar-refractivity contribution is 7.44. The summed E-state index contributed by atoms with van der Waals surface area (Å²) in [6.45, 7) is 9.33. The molecule has 0 bridgehead atoms. The van der Waals surface area contributed by atoms with E-state index in [-0.39, 0.29) is 200 Å². The molecule has 6 amide bonds. The van der Waals surface area contributed by atoms with E-state index >= 15 is 0 Å². The lowest BCUT2D eigenvalue weighted by atomic mass is 9.85. The summed E-state index contributed by atoms with van der Waals surface area (Å²) >= 11 is 0. The van der Waals surface area contributed by atoms with Gasteiger partial charge in [0, 0.05) is 78.2 Å². The monoisotopic (exact) mass is 1560 g/mol. The van der Waals surface area contributed by atoms with Gasteiger partial charge in [0.25, 0.3) is 8.53 Å². The van der Waals surface area contributed by atoms with Crippen LogP contribution in [0.5, 0.6) is 0 Å². The van der Waals surface area contributed by atoms with E-state index in [0.717, 1.165) is 0 Å². The Balaban J connectivity index is 1.39. The standard InChI is InChI=1S/C67H120N9O30P/c1-41(2)76(42(3)4)107(102-20-8-16-68)106-48-11-9-46(10-12-48)33-54(86)75-67(39-97-22-14-52(84)70-18-25-94-28-31-100-65-56(73-44(6)81)62(91)59(88)50(36-78)104-65,40-98-23-15-53(85)71-19-26-95-29-32-101-66-57(74-45(7)82)63(92)60(89)51(37-79)105-66)38-96-21-13-47(83)34-69-17-24-93-27-30-99-64-55(72-43(5)80)61(90)58(87)49(35-77)103-64/h41-42,46,48-51,55-66,69,77-79,87-92H,8-15,17-40H2,1-7H3,(H,70,84)(H,71,85)(H,72,80)(H,73,81)(H,74,82)(H,75,86)/t46?,48?,49-,50-,51-,55-,56-,57-,58+,59+,60+,61-,62-,63-,64-,65-,66-,107?/m1/s1. The van der Waals surface area contributed by atoms with Crippen LogP contribution < -0.4 is 37.2 Å². The highest BCUT2D eigenvalue weighted by Gasteiger charge is 2.48. The molecule has 4 aliphatic rings. The Bertz CT molecular complexity index is 2510. The number of aliphatic hydroxyl groups is 9. The minimum atomic E-state index is -1.50. The number of nitrogens with zero attached hydrogens (tertiary/aromatic N) is 2. The molecule has 1 saturated carbocycles. The van der Waals surface area contributed by atoms with Crippen LogP contribution in [0.3, 0.4) is 0 Å². The number of rotatable bonds is 55. The second kappa shape index (κ2) is 52.6. The average Bonchev–Trinajstić information content (AvgIpc) is 0.817. The van der Waals surface area contributed by atoms with Gasteiger partial charge in [0.1, 0.15) is 84.4 Å². The lowest BCUT2D eigenvalue weighted by molar-refractivity contribution is -0.272. The smallest absolute Gasteiger partial charge is 0.259 e. The molecule has 0 aromatic carbocycles. The molecule has 16 atom stereocenters. The van der Waals surface area contributed by atoms with E-state index in [4.69, 9.17) is 65.9 Å². The largest absolute Gasteiger partial charge is 0.394 e. The van der Waals surface area contributed by atoms with Crippen molar-refractivity contribution in [2.75, 3.05) is 152 Å². The van der Waals surface area contributed by atoms with Crippen LogP contribution in [0.25, 0.3) is 0 Å². The van der Waals surface area contributed by atoms with Crippen LogP contribution in [-0.2, 0) is 99.5 Å². The Labute approximate surface area is 625 Å². The third-order valence-electron chi connectivity index (χ3n) is 17.3. The van der Waals surface area contributed by atoms with Gasteiger partial charge in [-0.1, -0.05) is 0 Å². The molecule has 3 aliphatic heterocycles. The molecule has 1 aliphatic carbocycles. The van der Waals surface area contributed by atoms with Crippen LogP contribution in [0.4, 0.5) is 0 Å². The molecule has 3 saturated heterocycles. The number of amides is 6. The first-order valence-corrected chi connectivity index (χ1v) is 37.6. The number of Topliss-reactive ketones (excluding diaryl/α,β-unsaturated/α-hetero) is 1. The summed E-state index contributed by atoms with van der Waals surface area (Å²) < 4.78 is 83.9. The SMILES string of the molecule is CC(=O)N[C@H]1[C@H](OCCOCCNCC(=O)CCOCC(COCCC(=O)NCCOCCO[C@@H]2O[C@H](CO)[C@H](O)[C@H](O)[C@H]2NC(C)=O)(COCCC(=O)NCCOCCO[C@@H]2O[C@H](CO)[C@H](O)[C@H](O)[C@H]2NC(C)=O)NC(=O)CC2CCC(OP(OCCC#N)N(C(C)C)C(C)C)CC2)O[C@H](CO)[C@H](O)[C@@H]1O. The second-order valence-corrected chi connectivity index (χ2v) is 28.3. The van der Waals surface area contributed by atoms with Crippen molar-refractivity contribution in [1.29, 1.82) is 5.26 Å². The minimum Gasteiger partial charge on any atom is -0.394 e. The van der Waals surface area contributed by atoms with Crippen molar-refractivity contribution in [3.8, 4) is 6.07 Å². The Morgan fingerprint density at radius 3 is 1.27 bits per heavy atom. The number of hydrogen-bond acceptors (Lipinski definition) is 33. The number of ether oxygens (including phenoxy) is 12. The lowest BCUT2D eigenvalue weighted by Gasteiger charge is -2.42. The molecular formula is C67H120N9O30P. The third kappa shape index (κ3) is 35.3. The number of nitrogens with one attached hydrogen (secondary N) is 7. The summed E-state index contributed by atoms with van der Waals surface area (Å²) in [6.07, 6.45) is -13.8. The molecule has 618 valence electrons. The molecule has 39 nitrogen and oxygen atoms in total. The maximum Gasteiger partial charge on any atom is 0.259 e. The molecule has 107 heavy (non-hydrogen) atoms. The predicted octanol–water partition coefficient (Wildman–Crippen LogP) is -5.38. The van der Waals surface area contributed by atoms with Crippen LogP contribution in [0.1, 0.15) is 106 Å². The maximum absolute atomic E-state index is 14.4. The van der Waals surface area contributed by atoms with Crippen molar-refractivity contribution in [2.45, 2.75) is 222 Å². The first kappa shape index (κ1) is 94.8. The number of ketones is 1. The third-order valence-corrected chi connectivity index (χ3v) is 19.5. The number of carbonyl (C=O) groups excluding carboxylic acids is 7. The zero-order valence-corrected chi connectivity index (χ0v) is 63.4. The van der Waals surface area contributed by atoms with Crippen molar-refractivity contribution in [3.05, 3.63) is 0 Å². The van der Waals surface area contributed by atoms with E-state index in [1.807, 2.05) is 0 Å². The molecule has 1 unspecified atom stereocenters. The van der Waals surface area contributed by atoms with Crippen LogP contribution >= 0.6 is 8.53 Å². The zero-order valence-electron chi connectivity index (χ0n) is 62.5. The van der Waals surface area contributed by atoms with Crippen molar-refractivity contribution >= 4 is 49.8 Å². The van der Waals surface area contributed by atoms with Gasteiger partial charge in [-0.2, -0.15) is 5.26 Å². The van der Waals surface area contributed by atoms with Gasteiger partial charge in [-0.3, -0.25) is 33.6 Å². The lowest BCUT2D eigenvalue weighted by Crippen LogP contribution is -2.64. The molecule has 0 spiro atoms. The molecule has 16 N–H and O–H groups in total. The molecule has 0 aromatic rings. The Morgan fingerprint density at radius 1 is 0.505 bits per heavy atom. The van der Waals surface area contributed by atoms with Gasteiger partial charge in [0.2, 0.25) is 35.4 Å². The average molecular weight is 1560 g/mol. The van der Waals surface area contributed by atoms with Gasteiger partial charge in [0.05, 0.1) is 151 Å². The highest BCUT2D eigenvalue weighted by Crippen LogP contribution is 2.49. The number of hydrogen-bond donors (Lipinski definition) is 16. The van der Waals surface area contributed by atoms with Gasteiger partial charge in [-0.25, -0.2) is 4.67 Å². The van der Waals surface area contributed by atoms with Gasteiger partial charge < -0.3 is 149 Å². The van der Waals surface area contributed by atoms with Gasteiger partial charge in [0.15, 0.2) is 18.9 Å². The summed E-state index contributed by atoms with van der Waals surface area (Å²) in [6, 6.07) is -1.09. The first-order chi connectivity index (χ1) is 51.2. The predicted molar refractivity (Wildman–Crippen MR) is 374 cm³/mol. The van der Waals surface area contributed by atoms with Crippen molar-refractivity contribution in [2.24, 2.45) is 5.92 Å². The van der Waals surface area contributed by atoms with Crippen molar-refractivity contribution in [1.82, 2.24) is 41.9 Å². The van der Waals surface area contributed by atoms with Crippen LogP contribution in [0.15, 0.2) is 0 Å². The van der Waals surface area contributed by atoms with Gasteiger partial charge in [-0.15, -0.1) is 0 Å². The number of carbonyl (C=O) groups is 7. The topological polar surface area (TPSA) is 542 Å². The summed E-state index contributed by atoms with van der Waals surface area (Å²) in [7, 11) is -1.50. The van der Waals surface area contributed by atoms with Crippen LogP contribution in [0, 0.1) is 17.2 Å². The summed E-state index contributed by atoms with van der Waals surface area (Å²) in [5.74, 6) is -3.06. The minimum absolute atomic E-state index is 0.00852. The Hall–Kier alpha value is -4.59. The number of aliphatic hydroxyl groups excluding tert-OH is 9. The fourth-order valence-corrected chi connectivity index (χ4v) is 13.8. The maximum atomic E-state index is 14.4. The molecule has 0 radical (unpaired) electrons. The number of nitriles is 1. The van der Waals surface area contributed by atoms with E-state index in [1.165, 1.54) is 20.8 Å². The first-order valence-electron chi connectivity index (χ1n) is 36.5. The van der Waals surface area contributed by atoms with E-state index in [1.54, 1.807) is 0 Å². The van der Waals surface area contributed by atoms with Gasteiger partial charge >= 0.3 is 0 Å². The molecule has 4 fully saturated rings. The Kier molecular flexibility index (Phi) is 46.6. The van der Waals surface area contributed by atoms with E-state index in [9.17, 15) is 84.8 Å². The van der Waals surface area contributed by atoms with Crippen molar-refractivity contribution in [3.63, 3.8) is 0 Å². The fraction of sp³-hybridized carbons (Fsp3) is 0.881. The summed E-state index contributed by atoms with van der Waals surface area (Å²) in [5.41, 5.74) is -1.47. The van der Waals surface area contributed by atoms with Crippen LogP contribution in [-0.4, -0.2) is 359 Å². The molecule has 4 rings (SSSR count). The van der Waals surface area contributed by atoms with E-state index < -0.39 is 155 Å². The van der Waals surface area contributed by atoms with E-state index in [0.29, 0.717) is 25.7 Å². The molecule has 0 aromatic heterocycles. The molecule has 3 heterocycles. The molecule has 40 heteroatoms. The van der Waals surface area contributed by atoms with Crippen molar-refractivity contribution < 1.29 is 145 Å². The quantitative estimate of drug-likeness (QED) is 0.0200. The van der Waals surface area contributed by atoms with Crippen LogP contribution in [0.2, 0.25) is 0 Å². The summed E-state index contributed by atoms with van der Waals surface area (Å²) in [4.78, 5) is 89.3. The zero-order chi connectivity index (χ0) is 78.8. The Morgan fingerprint density at radius 2 is 0.897 bits per heavy atom. The molecular weight excluding hydrogens is 1440 g/mol. The second-order valence-electron chi connectivity index (χ2n) is 26.9. The fourth-order valence-electron chi connectivity index (χ4n) is 12.0. The van der Waals surface area contributed by atoms with Gasteiger partial charge in [-0.05, 0) is 59.3 Å². The highest BCUT2D eigenvalue weighted by atomic mass is 31.2.